The Morgan fingerprint density at radius 3 is 2.39 bits per heavy atom. The van der Waals surface area contributed by atoms with Gasteiger partial charge in [-0.1, -0.05) is 26.8 Å². The molecule has 0 aromatic rings. The van der Waals surface area contributed by atoms with E-state index in [1.807, 2.05) is 24.9 Å². The number of ketones is 2. The molecule has 2 fully saturated rings. The van der Waals surface area contributed by atoms with Gasteiger partial charge >= 0.3 is 5.97 Å². The van der Waals surface area contributed by atoms with E-state index >= 15 is 0 Å². The lowest BCUT2D eigenvalue weighted by atomic mass is 9.76. The zero-order valence-corrected chi connectivity index (χ0v) is 29.5. The average molecular weight is 734 g/mol. The minimum Gasteiger partial charge on any atom is -0.448 e. The molecule has 2 aliphatic heterocycles. The second kappa shape index (κ2) is 15.9. The van der Waals surface area contributed by atoms with Crippen LogP contribution in [-0.2, 0) is 28.6 Å². The molecule has 0 aliphatic carbocycles. The molecule has 13 atom stereocenters. The van der Waals surface area contributed by atoms with Crippen LogP contribution in [0.1, 0.15) is 67.7 Å². The fourth-order valence-corrected chi connectivity index (χ4v) is 6.93. The molecule has 0 unspecified atom stereocenters. The summed E-state index contributed by atoms with van der Waals surface area (Å²) in [5.41, 5.74) is -3.10. The van der Waals surface area contributed by atoms with E-state index in [1.165, 1.54) is 20.8 Å². The summed E-state index contributed by atoms with van der Waals surface area (Å²) < 4.78 is 17.0. The van der Waals surface area contributed by atoms with E-state index in [4.69, 9.17) is 20.6 Å². The second-order valence-corrected chi connectivity index (χ2v) is 14.4. The van der Waals surface area contributed by atoms with Crippen molar-refractivity contribution in [3.05, 3.63) is 12.7 Å². The number of carbonyl (C=O) groups is 3. The van der Waals surface area contributed by atoms with Gasteiger partial charge in [-0.15, -0.1) is 18.9 Å². The number of rotatable bonds is 10. The minimum atomic E-state index is -1.96. The average Bonchev–Trinajstić information content (AvgIpc) is 3.40. The summed E-state index contributed by atoms with van der Waals surface area (Å²) in [5, 5.41) is 33.7. The molecular formula is C33H52INO9. The molecule has 0 amide bonds. The highest BCUT2D eigenvalue weighted by Gasteiger charge is 2.54. The molecule has 0 saturated carbocycles. The quantitative estimate of drug-likeness (QED) is 0.0767. The van der Waals surface area contributed by atoms with Crippen LogP contribution >= 0.6 is 22.6 Å². The lowest BCUT2D eigenvalue weighted by Gasteiger charge is -2.42. The number of carbonyl (C=O) groups excluding carboxylic acids is 3. The number of aliphatic hydroxyl groups excluding tert-OH is 2. The highest BCUT2D eigenvalue weighted by Crippen LogP contribution is 2.41. The molecule has 11 heteroatoms. The van der Waals surface area contributed by atoms with Crippen LogP contribution in [0.25, 0.3) is 0 Å². The SMILES string of the molecule is C#CCCN(C)[C@@H](C[C@@H](C)C=C)[C@@H](O)[C@@H](C)O[C@@H]1[C@@H](C)C(=O)[C@@H](C)C(=O)O[C@H](I)[C@@](C)(O)[C@H](O)[C@@H](C)C(=O)[C@@H]2CO[C@]1(C)C2. The van der Waals surface area contributed by atoms with Crippen molar-refractivity contribution in [2.24, 2.45) is 29.6 Å². The molecule has 2 aliphatic rings. The summed E-state index contributed by atoms with van der Waals surface area (Å²) in [6.07, 6.45) is 4.33. The standard InChI is InChI=1S/C33H52INO9/c1-11-13-14-35(10)24(15-18(3)12-2)27(38)22(7)43-29-20(5)25(36)21(6)30(40)44-31(34)33(9,41)28(39)19(4)26(37)23-16-32(29,8)42-17-23/h1,12,18-24,27-29,31,38-39,41H,2,13-17H2,3-10H3/t18-,19-,20-,21+,22+,23-,24-,27-,28+,29+,31-,32+,33-/m0/s1. The van der Waals surface area contributed by atoms with Crippen molar-refractivity contribution in [2.45, 2.75) is 113 Å². The lowest BCUT2D eigenvalue weighted by Crippen LogP contribution is -2.55. The molecule has 10 nitrogen and oxygen atoms in total. The van der Waals surface area contributed by atoms with Gasteiger partial charge in [-0.2, -0.15) is 0 Å². The monoisotopic (exact) mass is 733 g/mol. The molecule has 0 radical (unpaired) electrons. The van der Waals surface area contributed by atoms with Crippen LogP contribution in [0.15, 0.2) is 12.7 Å². The van der Waals surface area contributed by atoms with Crippen molar-refractivity contribution in [3.63, 3.8) is 0 Å². The summed E-state index contributed by atoms with van der Waals surface area (Å²) in [7, 11) is 1.89. The van der Waals surface area contributed by atoms with Gasteiger partial charge in [0.05, 0.1) is 36.6 Å². The van der Waals surface area contributed by atoms with Crippen LogP contribution in [0.2, 0.25) is 0 Å². The zero-order chi connectivity index (χ0) is 33.7. The summed E-state index contributed by atoms with van der Waals surface area (Å²) in [4.78, 5) is 42.4. The summed E-state index contributed by atoms with van der Waals surface area (Å²) in [6.45, 7) is 15.9. The number of allylic oxidation sites excluding steroid dienone is 1. The number of terminal acetylenes is 1. The molecule has 250 valence electrons. The topological polar surface area (TPSA) is 143 Å². The number of hydrogen-bond acceptors (Lipinski definition) is 10. The van der Waals surface area contributed by atoms with Gasteiger partial charge < -0.3 is 29.5 Å². The van der Waals surface area contributed by atoms with Crippen LogP contribution in [0.3, 0.4) is 0 Å². The molecule has 2 saturated heterocycles. The van der Waals surface area contributed by atoms with Crippen LogP contribution in [0, 0.1) is 41.9 Å². The third-order valence-corrected chi connectivity index (χ3v) is 11.1. The first-order valence-corrected chi connectivity index (χ1v) is 16.6. The van der Waals surface area contributed by atoms with Crippen molar-refractivity contribution < 1.29 is 43.9 Å². The van der Waals surface area contributed by atoms with Gasteiger partial charge in [0.15, 0.2) is 9.89 Å². The van der Waals surface area contributed by atoms with Gasteiger partial charge in [0, 0.05) is 36.8 Å². The molecule has 0 aromatic carbocycles. The van der Waals surface area contributed by atoms with E-state index in [0.29, 0.717) is 19.4 Å². The number of fused-ring (bicyclic) bond motifs is 2. The molecule has 44 heavy (non-hydrogen) atoms. The second-order valence-electron chi connectivity index (χ2n) is 13.3. The molecule has 0 spiro atoms. The molecule has 2 rings (SSSR count). The van der Waals surface area contributed by atoms with E-state index in [-0.39, 0.29) is 30.8 Å². The minimum absolute atomic E-state index is 0.0270. The highest BCUT2D eigenvalue weighted by molar-refractivity contribution is 14.1. The molecule has 2 bridgehead atoms. The van der Waals surface area contributed by atoms with E-state index in [2.05, 4.69) is 12.5 Å². The van der Waals surface area contributed by atoms with E-state index in [0.717, 1.165) is 0 Å². The number of ether oxygens (including phenoxy) is 3. The zero-order valence-electron chi connectivity index (χ0n) is 27.4. The maximum atomic E-state index is 13.8. The fraction of sp³-hybridized carbons (Fsp3) is 0.788. The Hall–Kier alpha value is -1.40. The van der Waals surface area contributed by atoms with Crippen LogP contribution in [0.4, 0.5) is 0 Å². The highest BCUT2D eigenvalue weighted by atomic mass is 127. The third-order valence-electron chi connectivity index (χ3n) is 9.58. The number of nitrogens with zero attached hydrogens (tertiary/aromatic N) is 1. The number of cyclic esters (lactones) is 1. The molecule has 3 N–H and O–H groups in total. The maximum absolute atomic E-state index is 13.8. The number of halogens is 1. The predicted molar refractivity (Wildman–Crippen MR) is 175 cm³/mol. The number of Topliss-reactive ketones (excluding diaryl/α,β-unsaturated/α-hetero) is 2. The lowest BCUT2D eigenvalue weighted by molar-refractivity contribution is -0.185. The first-order valence-electron chi connectivity index (χ1n) is 15.4. The van der Waals surface area contributed by atoms with E-state index < -0.39 is 75.2 Å². The third kappa shape index (κ3) is 8.69. The Labute approximate surface area is 276 Å². The normalized spacial score (nSPS) is 38.3. The Bertz CT molecular complexity index is 1080. The maximum Gasteiger partial charge on any atom is 0.317 e. The van der Waals surface area contributed by atoms with Gasteiger partial charge in [-0.05, 0) is 76.1 Å². The van der Waals surface area contributed by atoms with E-state index in [9.17, 15) is 29.7 Å². The number of likely N-dealkylation sites (N-methyl/N-ethyl adjacent to an activating group) is 1. The molecular weight excluding hydrogens is 681 g/mol. The number of hydrogen-bond donors (Lipinski definition) is 3. The number of alkyl halides is 1. The Balaban J connectivity index is 2.51. The van der Waals surface area contributed by atoms with Crippen LogP contribution in [-0.4, -0.2) is 104 Å². The van der Waals surface area contributed by atoms with Crippen molar-refractivity contribution >= 4 is 40.1 Å². The molecule has 2 heterocycles. The predicted octanol–water partition coefficient (Wildman–Crippen LogP) is 2.93. The largest absolute Gasteiger partial charge is 0.448 e. The smallest absolute Gasteiger partial charge is 0.317 e. The van der Waals surface area contributed by atoms with E-state index in [1.54, 1.807) is 43.4 Å². The summed E-state index contributed by atoms with van der Waals surface area (Å²) in [6, 6.07) is -0.341. The van der Waals surface area contributed by atoms with Crippen LogP contribution < -0.4 is 0 Å². The Kier molecular flexibility index (Phi) is 14.0. The Morgan fingerprint density at radius 1 is 1.20 bits per heavy atom. The van der Waals surface area contributed by atoms with Crippen molar-refractivity contribution in [1.29, 1.82) is 0 Å². The van der Waals surface area contributed by atoms with Crippen LogP contribution in [0.5, 0.6) is 0 Å². The number of esters is 1. The van der Waals surface area contributed by atoms with Gasteiger partial charge in [-0.3, -0.25) is 19.3 Å². The van der Waals surface area contributed by atoms with Gasteiger partial charge in [0.25, 0.3) is 0 Å². The van der Waals surface area contributed by atoms with Gasteiger partial charge in [0.2, 0.25) is 0 Å². The first kappa shape index (κ1) is 38.8. The Morgan fingerprint density at radius 2 is 1.82 bits per heavy atom. The first-order chi connectivity index (χ1) is 20.3. The van der Waals surface area contributed by atoms with Crippen molar-refractivity contribution in [1.82, 2.24) is 4.90 Å². The summed E-state index contributed by atoms with van der Waals surface area (Å²) >= 11 is 1.69. The van der Waals surface area contributed by atoms with Crippen molar-refractivity contribution in [2.75, 3.05) is 20.2 Å². The fourth-order valence-electron chi connectivity index (χ4n) is 6.31. The molecule has 0 aromatic heterocycles. The van der Waals surface area contributed by atoms with Gasteiger partial charge in [-0.25, -0.2) is 0 Å². The summed E-state index contributed by atoms with van der Waals surface area (Å²) in [5.74, 6) is -2.69. The van der Waals surface area contributed by atoms with Gasteiger partial charge in [0.1, 0.15) is 17.3 Å². The number of aliphatic hydroxyl groups is 3. The van der Waals surface area contributed by atoms with Crippen molar-refractivity contribution in [3.8, 4) is 12.3 Å².